The molecule has 0 saturated heterocycles. The zero-order chi connectivity index (χ0) is 17.3. The lowest BCUT2D eigenvalue weighted by Gasteiger charge is -2.15. The van der Waals surface area contributed by atoms with Crippen LogP contribution in [-0.2, 0) is 0 Å². The molecule has 0 spiro atoms. The fraction of sp³-hybridized carbons (Fsp3) is 0.176. The molecule has 0 fully saturated rings. The van der Waals surface area contributed by atoms with Gasteiger partial charge in [0, 0.05) is 21.3 Å². The Morgan fingerprint density at radius 3 is 2.38 bits per heavy atom. The molecule has 0 aliphatic rings. The largest absolute Gasteiger partial charge is 0.399 e. The summed E-state index contributed by atoms with van der Waals surface area (Å²) in [6.45, 7) is 2.00. The molecule has 4 nitrogen and oxygen atoms in total. The fourth-order valence-electron chi connectivity index (χ4n) is 2.57. The van der Waals surface area contributed by atoms with Crippen molar-refractivity contribution in [1.29, 1.82) is 0 Å². The molecule has 3 rings (SSSR count). The Labute approximate surface area is 154 Å². The van der Waals surface area contributed by atoms with Gasteiger partial charge in [0.15, 0.2) is 5.82 Å². The Balaban J connectivity index is 2.04. The van der Waals surface area contributed by atoms with Gasteiger partial charge in [-0.25, -0.2) is 0 Å². The van der Waals surface area contributed by atoms with Gasteiger partial charge in [-0.2, -0.15) is 4.98 Å². The van der Waals surface area contributed by atoms with Crippen LogP contribution >= 0.6 is 34.8 Å². The molecule has 3 aromatic rings. The van der Waals surface area contributed by atoms with Crippen LogP contribution in [0.4, 0.5) is 5.69 Å². The smallest absolute Gasteiger partial charge is 0.259 e. The van der Waals surface area contributed by atoms with Gasteiger partial charge in [-0.05, 0) is 30.7 Å². The van der Waals surface area contributed by atoms with E-state index in [9.17, 15) is 0 Å². The number of benzene rings is 2. The van der Waals surface area contributed by atoms with Gasteiger partial charge in [0.05, 0.1) is 16.5 Å². The van der Waals surface area contributed by atoms with E-state index in [4.69, 9.17) is 45.1 Å². The molecule has 1 heterocycles. The fourth-order valence-corrected chi connectivity index (χ4v) is 3.56. The van der Waals surface area contributed by atoms with Crippen molar-refractivity contribution in [3.05, 3.63) is 62.9 Å². The average Bonchev–Trinajstić information content (AvgIpc) is 3.00. The van der Waals surface area contributed by atoms with Gasteiger partial charge >= 0.3 is 0 Å². The average molecular weight is 383 g/mol. The van der Waals surface area contributed by atoms with Crippen molar-refractivity contribution in [1.82, 2.24) is 10.1 Å². The normalized spacial score (nSPS) is 12.3. The topological polar surface area (TPSA) is 64.9 Å². The summed E-state index contributed by atoms with van der Waals surface area (Å²) in [7, 11) is 0. The standard InChI is InChI=1S/C17H14Cl3N3O/c1-2-10(15-13(19)7-9(21)8-14(15)20)16-22-17(24-23-16)11-5-3-4-6-12(11)18/h3-8,10H,2,21H2,1H3. The maximum Gasteiger partial charge on any atom is 0.259 e. The first-order chi connectivity index (χ1) is 11.5. The van der Waals surface area contributed by atoms with E-state index in [-0.39, 0.29) is 5.92 Å². The van der Waals surface area contributed by atoms with Crippen molar-refractivity contribution in [2.24, 2.45) is 0 Å². The summed E-state index contributed by atoms with van der Waals surface area (Å²) in [6, 6.07) is 10.6. The maximum absolute atomic E-state index is 6.34. The van der Waals surface area contributed by atoms with Crippen LogP contribution in [0.25, 0.3) is 11.5 Å². The Hall–Kier alpha value is -1.75. The summed E-state index contributed by atoms with van der Waals surface area (Å²) in [4.78, 5) is 4.48. The lowest BCUT2D eigenvalue weighted by molar-refractivity contribution is 0.418. The van der Waals surface area contributed by atoms with Gasteiger partial charge in [-0.1, -0.05) is 59.0 Å². The molecule has 124 valence electrons. The number of nitrogen functional groups attached to an aromatic ring is 1. The molecule has 0 saturated carbocycles. The van der Waals surface area contributed by atoms with E-state index >= 15 is 0 Å². The third kappa shape index (κ3) is 3.22. The van der Waals surface area contributed by atoms with Crippen molar-refractivity contribution in [2.75, 3.05) is 5.73 Å². The first kappa shape index (κ1) is 17.1. The van der Waals surface area contributed by atoms with E-state index in [1.807, 2.05) is 25.1 Å². The molecule has 0 aliphatic heterocycles. The van der Waals surface area contributed by atoms with Crippen molar-refractivity contribution < 1.29 is 4.52 Å². The van der Waals surface area contributed by atoms with Gasteiger partial charge in [-0.15, -0.1) is 0 Å². The third-order valence-electron chi connectivity index (χ3n) is 3.72. The van der Waals surface area contributed by atoms with E-state index in [1.165, 1.54) is 0 Å². The van der Waals surface area contributed by atoms with E-state index in [0.29, 0.717) is 44.5 Å². The summed E-state index contributed by atoms with van der Waals surface area (Å²) in [5, 5.41) is 5.60. The SMILES string of the molecule is CCC(c1noc(-c2ccccc2Cl)n1)c1c(Cl)cc(N)cc1Cl. The number of anilines is 1. The molecule has 2 aromatic carbocycles. The second-order valence-corrected chi connectivity index (χ2v) is 6.52. The zero-order valence-electron chi connectivity index (χ0n) is 12.8. The molecule has 2 N–H and O–H groups in total. The number of aromatic nitrogens is 2. The minimum atomic E-state index is -0.203. The van der Waals surface area contributed by atoms with Gasteiger partial charge < -0.3 is 10.3 Å². The van der Waals surface area contributed by atoms with Crippen LogP contribution in [0.5, 0.6) is 0 Å². The van der Waals surface area contributed by atoms with E-state index in [1.54, 1.807) is 18.2 Å². The maximum atomic E-state index is 6.34. The molecular weight excluding hydrogens is 369 g/mol. The predicted molar refractivity (Wildman–Crippen MR) is 97.8 cm³/mol. The number of nitrogens with zero attached hydrogens (tertiary/aromatic N) is 2. The van der Waals surface area contributed by atoms with Crippen molar-refractivity contribution in [2.45, 2.75) is 19.3 Å². The highest BCUT2D eigenvalue weighted by atomic mass is 35.5. The summed E-state index contributed by atoms with van der Waals surface area (Å²) < 4.78 is 5.38. The molecule has 0 bridgehead atoms. The Morgan fingerprint density at radius 1 is 1.08 bits per heavy atom. The minimum absolute atomic E-state index is 0.203. The van der Waals surface area contributed by atoms with E-state index in [2.05, 4.69) is 10.1 Å². The number of hydrogen-bond acceptors (Lipinski definition) is 4. The van der Waals surface area contributed by atoms with Crippen LogP contribution in [0, 0.1) is 0 Å². The van der Waals surface area contributed by atoms with E-state index < -0.39 is 0 Å². The second kappa shape index (κ2) is 7.01. The Bertz CT molecular complexity index is 856. The number of rotatable bonds is 4. The summed E-state index contributed by atoms with van der Waals surface area (Å²) in [5.74, 6) is 0.656. The highest BCUT2D eigenvalue weighted by Crippen LogP contribution is 2.39. The van der Waals surface area contributed by atoms with Gasteiger partial charge in [0.1, 0.15) is 0 Å². The zero-order valence-corrected chi connectivity index (χ0v) is 15.0. The van der Waals surface area contributed by atoms with Crippen LogP contribution in [-0.4, -0.2) is 10.1 Å². The summed E-state index contributed by atoms with van der Waals surface area (Å²) in [6.07, 6.45) is 0.699. The molecule has 0 radical (unpaired) electrons. The lowest BCUT2D eigenvalue weighted by atomic mass is 9.95. The highest BCUT2D eigenvalue weighted by Gasteiger charge is 2.24. The van der Waals surface area contributed by atoms with Gasteiger partial charge in [-0.3, -0.25) is 0 Å². The Kier molecular flexibility index (Phi) is 4.99. The quantitative estimate of drug-likeness (QED) is 0.577. The summed E-state index contributed by atoms with van der Waals surface area (Å²) in [5.41, 5.74) is 7.70. The molecular formula is C17H14Cl3N3O. The van der Waals surface area contributed by atoms with Crippen LogP contribution in [0.15, 0.2) is 40.9 Å². The number of nitrogens with two attached hydrogens (primary N) is 1. The van der Waals surface area contributed by atoms with E-state index in [0.717, 1.165) is 5.56 Å². The first-order valence-corrected chi connectivity index (χ1v) is 8.47. The molecule has 0 aliphatic carbocycles. The third-order valence-corrected chi connectivity index (χ3v) is 4.67. The molecule has 0 amide bonds. The van der Waals surface area contributed by atoms with Crippen molar-refractivity contribution >= 4 is 40.5 Å². The number of halogens is 3. The molecule has 1 aromatic heterocycles. The first-order valence-electron chi connectivity index (χ1n) is 7.34. The number of hydrogen-bond donors (Lipinski definition) is 1. The van der Waals surface area contributed by atoms with Crippen molar-refractivity contribution in [3.63, 3.8) is 0 Å². The molecule has 24 heavy (non-hydrogen) atoms. The van der Waals surface area contributed by atoms with Gasteiger partial charge in [0.25, 0.3) is 5.89 Å². The second-order valence-electron chi connectivity index (χ2n) is 5.30. The van der Waals surface area contributed by atoms with Crippen molar-refractivity contribution in [3.8, 4) is 11.5 Å². The molecule has 1 unspecified atom stereocenters. The predicted octanol–water partition coefficient (Wildman–Crippen LogP) is 5.82. The lowest BCUT2D eigenvalue weighted by Crippen LogP contribution is -2.04. The monoisotopic (exact) mass is 381 g/mol. The van der Waals surface area contributed by atoms with Crippen LogP contribution in [0.2, 0.25) is 15.1 Å². The molecule has 7 heteroatoms. The highest BCUT2D eigenvalue weighted by molar-refractivity contribution is 6.36. The van der Waals surface area contributed by atoms with Crippen LogP contribution in [0.3, 0.4) is 0 Å². The minimum Gasteiger partial charge on any atom is -0.399 e. The Morgan fingerprint density at radius 2 is 1.75 bits per heavy atom. The van der Waals surface area contributed by atoms with Crippen LogP contribution < -0.4 is 5.73 Å². The van der Waals surface area contributed by atoms with Gasteiger partial charge in [0.2, 0.25) is 0 Å². The molecule has 1 atom stereocenters. The summed E-state index contributed by atoms with van der Waals surface area (Å²) >= 11 is 18.9. The van der Waals surface area contributed by atoms with Crippen LogP contribution in [0.1, 0.15) is 30.7 Å².